The summed E-state index contributed by atoms with van der Waals surface area (Å²) in [6.45, 7) is 2.66. The molecule has 0 saturated carbocycles. The molecule has 0 unspecified atom stereocenters. The minimum atomic E-state index is -0.417. The lowest BCUT2D eigenvalue weighted by Gasteiger charge is -2.05. The molecule has 0 aliphatic heterocycles. The molecule has 0 aromatic carbocycles. The predicted octanol–water partition coefficient (Wildman–Crippen LogP) is 2.25. The number of nitrogens with one attached hydrogen (secondary N) is 1. The van der Waals surface area contributed by atoms with Gasteiger partial charge in [0.1, 0.15) is 0 Å². The Kier molecular flexibility index (Phi) is 3.88. The van der Waals surface area contributed by atoms with Crippen LogP contribution in [-0.2, 0) is 11.3 Å². The Bertz CT molecular complexity index is 554. The third-order valence-corrected chi connectivity index (χ3v) is 3.27. The number of aryl methyl sites for hydroxylation is 1. The molecule has 1 N–H and O–H groups in total. The second-order valence-electron chi connectivity index (χ2n) is 3.69. The Labute approximate surface area is 109 Å². The molecular weight excluding hydrogens is 250 g/mol. The van der Waals surface area contributed by atoms with Crippen LogP contribution in [0, 0.1) is 6.92 Å². The molecule has 0 saturated heterocycles. The molecule has 0 atom stereocenters. The van der Waals surface area contributed by atoms with Crippen LogP contribution in [0.1, 0.15) is 21.6 Å². The molecule has 94 valence electrons. The Morgan fingerprint density at radius 3 is 3.11 bits per heavy atom. The first-order valence-electron chi connectivity index (χ1n) is 5.38. The molecule has 2 aromatic rings. The molecular formula is C12H13N3O2S. The zero-order chi connectivity index (χ0) is 13.0. The van der Waals surface area contributed by atoms with Crippen LogP contribution in [0.2, 0.25) is 0 Å². The van der Waals surface area contributed by atoms with Gasteiger partial charge in [-0.05, 0) is 24.1 Å². The van der Waals surface area contributed by atoms with E-state index in [0.717, 1.165) is 11.1 Å². The Hall–Kier alpha value is -1.95. The molecule has 6 heteroatoms. The van der Waals surface area contributed by atoms with Gasteiger partial charge in [-0.1, -0.05) is 0 Å². The number of ether oxygens (including phenoxy) is 1. The molecule has 2 rings (SSSR count). The molecule has 0 bridgehead atoms. The van der Waals surface area contributed by atoms with Crippen molar-refractivity contribution in [1.29, 1.82) is 0 Å². The van der Waals surface area contributed by atoms with Crippen molar-refractivity contribution in [2.24, 2.45) is 0 Å². The van der Waals surface area contributed by atoms with Crippen molar-refractivity contribution in [2.75, 3.05) is 12.4 Å². The highest BCUT2D eigenvalue weighted by molar-refractivity contribution is 7.13. The summed E-state index contributed by atoms with van der Waals surface area (Å²) < 4.78 is 4.60. The number of esters is 1. The van der Waals surface area contributed by atoms with E-state index in [2.05, 4.69) is 20.0 Å². The Balaban J connectivity index is 2.01. The molecule has 0 fully saturated rings. The molecule has 5 nitrogen and oxygen atoms in total. The number of methoxy groups -OCH3 is 1. The summed E-state index contributed by atoms with van der Waals surface area (Å²) in [4.78, 5) is 19.4. The molecule has 0 spiro atoms. The average Bonchev–Trinajstić information content (AvgIpc) is 2.86. The van der Waals surface area contributed by atoms with Crippen molar-refractivity contribution in [2.45, 2.75) is 13.5 Å². The first-order valence-corrected chi connectivity index (χ1v) is 6.26. The van der Waals surface area contributed by atoms with Crippen LogP contribution >= 0.6 is 11.3 Å². The number of carbonyl (C=O) groups excluding carboxylic acids is 1. The summed E-state index contributed by atoms with van der Waals surface area (Å²) >= 11 is 1.38. The SMILES string of the molecule is COC(=O)c1csc(NCc2ccncc2C)n1. The van der Waals surface area contributed by atoms with Crippen LogP contribution in [0.25, 0.3) is 0 Å². The fourth-order valence-electron chi connectivity index (χ4n) is 1.42. The molecule has 2 aromatic heterocycles. The van der Waals surface area contributed by atoms with Crippen molar-refractivity contribution in [3.63, 3.8) is 0 Å². The van der Waals surface area contributed by atoms with Crippen molar-refractivity contribution in [3.05, 3.63) is 40.7 Å². The van der Waals surface area contributed by atoms with Gasteiger partial charge in [0.25, 0.3) is 0 Å². The van der Waals surface area contributed by atoms with E-state index in [-0.39, 0.29) is 0 Å². The number of rotatable bonds is 4. The van der Waals surface area contributed by atoms with Crippen LogP contribution in [0.3, 0.4) is 0 Å². The number of carbonyl (C=O) groups is 1. The maximum atomic E-state index is 11.2. The van der Waals surface area contributed by atoms with Crippen LogP contribution in [-0.4, -0.2) is 23.0 Å². The van der Waals surface area contributed by atoms with Crippen molar-refractivity contribution in [1.82, 2.24) is 9.97 Å². The van der Waals surface area contributed by atoms with E-state index in [1.165, 1.54) is 18.4 Å². The lowest BCUT2D eigenvalue weighted by Crippen LogP contribution is -2.04. The van der Waals surface area contributed by atoms with Gasteiger partial charge in [0.05, 0.1) is 7.11 Å². The summed E-state index contributed by atoms with van der Waals surface area (Å²) in [5, 5.41) is 5.55. The van der Waals surface area contributed by atoms with Gasteiger partial charge in [-0.2, -0.15) is 0 Å². The highest BCUT2D eigenvalue weighted by atomic mass is 32.1. The standard InChI is InChI=1S/C12H13N3O2S/c1-8-5-13-4-3-9(8)6-14-12-15-10(7-18-12)11(16)17-2/h3-5,7H,6H2,1-2H3,(H,14,15). The summed E-state index contributed by atoms with van der Waals surface area (Å²) in [5.41, 5.74) is 2.60. The lowest BCUT2D eigenvalue weighted by molar-refractivity contribution is 0.0595. The van der Waals surface area contributed by atoms with Gasteiger partial charge < -0.3 is 10.1 Å². The first-order chi connectivity index (χ1) is 8.70. The van der Waals surface area contributed by atoms with Crippen molar-refractivity contribution >= 4 is 22.4 Å². The quantitative estimate of drug-likeness (QED) is 0.857. The van der Waals surface area contributed by atoms with Crippen LogP contribution in [0.5, 0.6) is 0 Å². The fourth-order valence-corrected chi connectivity index (χ4v) is 2.10. The zero-order valence-corrected chi connectivity index (χ0v) is 11.0. The maximum Gasteiger partial charge on any atom is 0.357 e. The van der Waals surface area contributed by atoms with Crippen molar-refractivity contribution in [3.8, 4) is 0 Å². The lowest BCUT2D eigenvalue weighted by atomic mass is 10.2. The van der Waals surface area contributed by atoms with Gasteiger partial charge in [-0.25, -0.2) is 9.78 Å². The second kappa shape index (κ2) is 5.59. The smallest absolute Gasteiger partial charge is 0.357 e. The summed E-state index contributed by atoms with van der Waals surface area (Å²) in [7, 11) is 1.34. The minimum Gasteiger partial charge on any atom is -0.464 e. The third-order valence-electron chi connectivity index (χ3n) is 2.47. The van der Waals surface area contributed by atoms with Crippen molar-refractivity contribution < 1.29 is 9.53 Å². The molecule has 0 amide bonds. The van der Waals surface area contributed by atoms with Gasteiger partial charge in [-0.3, -0.25) is 4.98 Å². The topological polar surface area (TPSA) is 64.1 Å². The second-order valence-corrected chi connectivity index (χ2v) is 4.54. The maximum absolute atomic E-state index is 11.2. The van der Waals surface area contributed by atoms with E-state index >= 15 is 0 Å². The zero-order valence-electron chi connectivity index (χ0n) is 10.1. The van der Waals surface area contributed by atoms with Gasteiger partial charge in [-0.15, -0.1) is 11.3 Å². The minimum absolute atomic E-state index is 0.330. The van der Waals surface area contributed by atoms with E-state index in [1.807, 2.05) is 19.2 Å². The molecule has 2 heterocycles. The van der Waals surface area contributed by atoms with E-state index in [4.69, 9.17) is 0 Å². The van der Waals surface area contributed by atoms with E-state index in [1.54, 1.807) is 11.6 Å². The number of thiazole rings is 1. The summed E-state index contributed by atoms with van der Waals surface area (Å²) in [5.74, 6) is -0.417. The van der Waals surface area contributed by atoms with Gasteiger partial charge >= 0.3 is 5.97 Å². The normalized spacial score (nSPS) is 10.1. The van der Waals surface area contributed by atoms with Gasteiger partial charge in [0.2, 0.25) is 0 Å². The highest BCUT2D eigenvalue weighted by Crippen LogP contribution is 2.17. The van der Waals surface area contributed by atoms with Crippen LogP contribution in [0.15, 0.2) is 23.8 Å². The fraction of sp³-hybridized carbons (Fsp3) is 0.250. The van der Waals surface area contributed by atoms with E-state index in [0.29, 0.717) is 17.4 Å². The number of aromatic nitrogens is 2. The average molecular weight is 263 g/mol. The van der Waals surface area contributed by atoms with E-state index in [9.17, 15) is 4.79 Å². The molecule has 0 aliphatic rings. The number of nitrogens with zero attached hydrogens (tertiary/aromatic N) is 2. The monoisotopic (exact) mass is 263 g/mol. The number of pyridine rings is 1. The molecule has 0 aliphatic carbocycles. The van der Waals surface area contributed by atoms with Crippen LogP contribution < -0.4 is 5.32 Å². The predicted molar refractivity (Wildman–Crippen MR) is 69.8 cm³/mol. The molecule has 18 heavy (non-hydrogen) atoms. The number of hydrogen-bond donors (Lipinski definition) is 1. The first kappa shape index (κ1) is 12.5. The summed E-state index contributed by atoms with van der Waals surface area (Å²) in [6, 6.07) is 1.96. The number of anilines is 1. The highest BCUT2D eigenvalue weighted by Gasteiger charge is 2.10. The van der Waals surface area contributed by atoms with Crippen LogP contribution in [0.4, 0.5) is 5.13 Å². The van der Waals surface area contributed by atoms with E-state index < -0.39 is 5.97 Å². The Morgan fingerprint density at radius 2 is 2.39 bits per heavy atom. The van der Waals surface area contributed by atoms with Gasteiger partial charge in [0.15, 0.2) is 10.8 Å². The molecule has 0 radical (unpaired) electrons. The van der Waals surface area contributed by atoms with Gasteiger partial charge in [0, 0.05) is 24.3 Å². The Morgan fingerprint density at radius 1 is 1.56 bits per heavy atom. The largest absolute Gasteiger partial charge is 0.464 e. The number of hydrogen-bond acceptors (Lipinski definition) is 6. The summed E-state index contributed by atoms with van der Waals surface area (Å²) in [6.07, 6.45) is 3.57. The third kappa shape index (κ3) is 2.84.